The number of nitrogen functional groups attached to an aromatic ring is 1. The van der Waals surface area contributed by atoms with Gasteiger partial charge in [-0.05, 0) is 43.2 Å². The highest BCUT2D eigenvalue weighted by molar-refractivity contribution is 7.99. The normalized spacial score (nSPS) is 22.9. The van der Waals surface area contributed by atoms with E-state index in [1.165, 1.54) is 6.42 Å². The fraction of sp³-hybridized carbons (Fsp3) is 0.500. The molecule has 1 aromatic rings. The standard InChI is InChI=1S/C14H20N2OS/c1-2-18-13-7-6-12(9-13)16-14(17)10-4-3-5-11(15)8-10/h3-5,8,12-13H,2,6-7,9,15H2,1H3,(H,16,17). The molecule has 0 radical (unpaired) electrons. The highest BCUT2D eigenvalue weighted by atomic mass is 32.2. The number of anilines is 1. The van der Waals surface area contributed by atoms with E-state index in [4.69, 9.17) is 5.73 Å². The number of nitrogens with two attached hydrogens (primary N) is 1. The third-order valence-electron chi connectivity index (χ3n) is 3.27. The summed E-state index contributed by atoms with van der Waals surface area (Å²) in [4.78, 5) is 12.0. The van der Waals surface area contributed by atoms with Crippen molar-refractivity contribution in [2.24, 2.45) is 0 Å². The van der Waals surface area contributed by atoms with Crippen LogP contribution < -0.4 is 11.1 Å². The number of carbonyl (C=O) groups is 1. The molecule has 98 valence electrons. The first-order valence-corrected chi connectivity index (χ1v) is 7.52. The fourth-order valence-electron chi connectivity index (χ4n) is 2.41. The van der Waals surface area contributed by atoms with Crippen LogP contribution in [-0.2, 0) is 0 Å². The molecule has 1 aliphatic rings. The average Bonchev–Trinajstić information content (AvgIpc) is 2.77. The zero-order valence-corrected chi connectivity index (χ0v) is 11.5. The first-order valence-electron chi connectivity index (χ1n) is 6.47. The zero-order chi connectivity index (χ0) is 13.0. The van der Waals surface area contributed by atoms with E-state index in [-0.39, 0.29) is 5.91 Å². The molecule has 2 rings (SSSR count). The van der Waals surface area contributed by atoms with E-state index in [0.717, 1.165) is 18.6 Å². The molecule has 18 heavy (non-hydrogen) atoms. The van der Waals surface area contributed by atoms with E-state index in [0.29, 0.717) is 22.5 Å². The van der Waals surface area contributed by atoms with Crippen LogP contribution in [0.4, 0.5) is 5.69 Å². The number of carbonyl (C=O) groups excluding carboxylic acids is 1. The van der Waals surface area contributed by atoms with Gasteiger partial charge in [-0.1, -0.05) is 13.0 Å². The first kappa shape index (κ1) is 13.3. The molecule has 4 heteroatoms. The molecule has 0 aromatic heterocycles. The molecule has 0 saturated heterocycles. The largest absolute Gasteiger partial charge is 0.399 e. The molecule has 1 aliphatic carbocycles. The Labute approximate surface area is 113 Å². The van der Waals surface area contributed by atoms with Crippen LogP contribution in [0.5, 0.6) is 0 Å². The van der Waals surface area contributed by atoms with Crippen molar-refractivity contribution in [3.63, 3.8) is 0 Å². The first-order chi connectivity index (χ1) is 8.69. The average molecular weight is 264 g/mol. The topological polar surface area (TPSA) is 55.1 Å². The molecule has 0 heterocycles. The Morgan fingerprint density at radius 1 is 1.50 bits per heavy atom. The minimum atomic E-state index is -0.00514. The molecule has 3 N–H and O–H groups in total. The highest BCUT2D eigenvalue weighted by Crippen LogP contribution is 2.29. The van der Waals surface area contributed by atoms with Gasteiger partial charge >= 0.3 is 0 Å². The fourth-order valence-corrected chi connectivity index (χ4v) is 3.55. The molecule has 1 amide bonds. The second kappa shape index (κ2) is 6.14. The lowest BCUT2D eigenvalue weighted by molar-refractivity contribution is 0.0938. The van der Waals surface area contributed by atoms with Crippen molar-refractivity contribution in [2.75, 3.05) is 11.5 Å². The number of rotatable bonds is 4. The number of hydrogen-bond donors (Lipinski definition) is 2. The number of benzene rings is 1. The van der Waals surface area contributed by atoms with Gasteiger partial charge in [0.15, 0.2) is 0 Å². The summed E-state index contributed by atoms with van der Waals surface area (Å²) in [6.07, 6.45) is 3.39. The van der Waals surface area contributed by atoms with Gasteiger partial charge < -0.3 is 11.1 Å². The van der Waals surface area contributed by atoms with Crippen LogP contribution in [0.1, 0.15) is 36.5 Å². The molecule has 1 fully saturated rings. The van der Waals surface area contributed by atoms with Gasteiger partial charge in [0.2, 0.25) is 0 Å². The minimum Gasteiger partial charge on any atom is -0.399 e. The minimum absolute atomic E-state index is 0.00514. The molecule has 0 spiro atoms. The molecule has 0 aliphatic heterocycles. The van der Waals surface area contributed by atoms with Gasteiger partial charge in [-0.15, -0.1) is 0 Å². The van der Waals surface area contributed by atoms with Crippen molar-refractivity contribution in [1.82, 2.24) is 5.32 Å². The quantitative estimate of drug-likeness (QED) is 0.822. The lowest BCUT2D eigenvalue weighted by Gasteiger charge is -2.13. The third-order valence-corrected chi connectivity index (χ3v) is 4.50. The van der Waals surface area contributed by atoms with Gasteiger partial charge in [0.25, 0.3) is 5.91 Å². The van der Waals surface area contributed by atoms with Gasteiger partial charge in [0.1, 0.15) is 0 Å². The summed E-state index contributed by atoms with van der Waals surface area (Å²) < 4.78 is 0. The van der Waals surface area contributed by atoms with E-state index < -0.39 is 0 Å². The van der Waals surface area contributed by atoms with Gasteiger partial charge in [-0.25, -0.2) is 0 Å². The smallest absolute Gasteiger partial charge is 0.251 e. The molecule has 0 bridgehead atoms. The number of nitrogens with one attached hydrogen (secondary N) is 1. The summed E-state index contributed by atoms with van der Waals surface area (Å²) in [5.74, 6) is 1.15. The van der Waals surface area contributed by atoms with E-state index in [2.05, 4.69) is 12.2 Å². The van der Waals surface area contributed by atoms with E-state index in [1.54, 1.807) is 18.2 Å². The maximum Gasteiger partial charge on any atom is 0.251 e. The lowest BCUT2D eigenvalue weighted by atomic mass is 10.1. The summed E-state index contributed by atoms with van der Waals surface area (Å²) in [6.45, 7) is 2.18. The second-order valence-electron chi connectivity index (χ2n) is 4.69. The molecular weight excluding hydrogens is 244 g/mol. The molecule has 1 aromatic carbocycles. The van der Waals surface area contributed by atoms with Crippen LogP contribution in [0.3, 0.4) is 0 Å². The number of amides is 1. The zero-order valence-electron chi connectivity index (χ0n) is 10.7. The third kappa shape index (κ3) is 3.42. The molecule has 1 saturated carbocycles. The Kier molecular flexibility index (Phi) is 4.53. The SMILES string of the molecule is CCSC1CCC(NC(=O)c2cccc(N)c2)C1. The Hall–Kier alpha value is -1.16. The van der Waals surface area contributed by atoms with Crippen molar-refractivity contribution in [3.8, 4) is 0 Å². The van der Waals surface area contributed by atoms with Crippen LogP contribution >= 0.6 is 11.8 Å². The summed E-state index contributed by atoms with van der Waals surface area (Å²) in [5.41, 5.74) is 6.97. The highest BCUT2D eigenvalue weighted by Gasteiger charge is 2.25. The summed E-state index contributed by atoms with van der Waals surface area (Å²) >= 11 is 2.00. The Bertz CT molecular complexity index is 422. The summed E-state index contributed by atoms with van der Waals surface area (Å²) in [5, 5.41) is 3.81. The second-order valence-corrected chi connectivity index (χ2v) is 6.26. The molecular formula is C14H20N2OS. The number of hydrogen-bond acceptors (Lipinski definition) is 3. The maximum absolute atomic E-state index is 12.0. The van der Waals surface area contributed by atoms with Crippen molar-refractivity contribution >= 4 is 23.4 Å². The van der Waals surface area contributed by atoms with Crippen LogP contribution in [0.15, 0.2) is 24.3 Å². The van der Waals surface area contributed by atoms with E-state index in [1.807, 2.05) is 17.8 Å². The van der Waals surface area contributed by atoms with Crippen molar-refractivity contribution in [2.45, 2.75) is 37.5 Å². The molecule has 3 nitrogen and oxygen atoms in total. The molecule has 2 atom stereocenters. The maximum atomic E-state index is 12.0. The lowest BCUT2D eigenvalue weighted by Crippen LogP contribution is -2.33. The summed E-state index contributed by atoms with van der Waals surface area (Å²) in [6, 6.07) is 7.46. The molecule has 2 unspecified atom stereocenters. The Morgan fingerprint density at radius 2 is 2.33 bits per heavy atom. The van der Waals surface area contributed by atoms with Gasteiger partial charge in [0.05, 0.1) is 0 Å². The predicted octanol–water partition coefficient (Wildman–Crippen LogP) is 2.67. The monoisotopic (exact) mass is 264 g/mol. The van der Waals surface area contributed by atoms with Gasteiger partial charge in [-0.2, -0.15) is 11.8 Å². The van der Waals surface area contributed by atoms with Gasteiger partial charge in [-0.3, -0.25) is 4.79 Å². The van der Waals surface area contributed by atoms with Crippen LogP contribution in [0.25, 0.3) is 0 Å². The summed E-state index contributed by atoms with van der Waals surface area (Å²) in [7, 11) is 0. The van der Waals surface area contributed by atoms with Crippen LogP contribution in [0.2, 0.25) is 0 Å². The van der Waals surface area contributed by atoms with Crippen LogP contribution in [-0.4, -0.2) is 23.0 Å². The predicted molar refractivity (Wildman–Crippen MR) is 77.9 cm³/mol. The van der Waals surface area contributed by atoms with Crippen molar-refractivity contribution < 1.29 is 4.79 Å². The van der Waals surface area contributed by atoms with Crippen molar-refractivity contribution in [1.29, 1.82) is 0 Å². The Balaban J connectivity index is 1.89. The van der Waals surface area contributed by atoms with E-state index in [9.17, 15) is 4.79 Å². The van der Waals surface area contributed by atoms with Crippen LogP contribution in [0, 0.1) is 0 Å². The Morgan fingerprint density at radius 3 is 3.06 bits per heavy atom. The van der Waals surface area contributed by atoms with E-state index >= 15 is 0 Å². The van der Waals surface area contributed by atoms with Gasteiger partial charge in [0, 0.05) is 22.5 Å². The van der Waals surface area contributed by atoms with Crippen molar-refractivity contribution in [3.05, 3.63) is 29.8 Å². The number of thioether (sulfide) groups is 1.